The van der Waals surface area contributed by atoms with E-state index in [1.807, 2.05) is 43.3 Å². The van der Waals surface area contributed by atoms with Crippen LogP contribution in [0.15, 0.2) is 56.7 Å². The van der Waals surface area contributed by atoms with Crippen LogP contribution in [0.4, 0.5) is 0 Å². The summed E-state index contributed by atoms with van der Waals surface area (Å²) in [5.41, 5.74) is 1.12. The highest BCUT2D eigenvalue weighted by Gasteiger charge is 2.42. The maximum atomic E-state index is 12.7. The molecule has 2 aliphatic rings. The third-order valence-electron chi connectivity index (χ3n) is 5.84. The topological polar surface area (TPSA) is 73.3 Å². The number of benzene rings is 1. The summed E-state index contributed by atoms with van der Waals surface area (Å²) in [6.45, 7) is 5.36. The molecule has 3 aromatic rings. The van der Waals surface area contributed by atoms with Crippen molar-refractivity contribution in [1.82, 2.24) is 19.2 Å². The molecule has 0 amide bonds. The minimum absolute atomic E-state index is 0.174. The monoisotopic (exact) mass is 378 g/mol. The SMILES string of the molecule is Cc1ccc(Cn2nc3n(c(=O)c2=O)C[C@H]2CN(Cc4ccco4)C[C@H]32)cc1. The molecule has 0 saturated carbocycles. The highest BCUT2D eigenvalue weighted by Crippen LogP contribution is 2.37. The summed E-state index contributed by atoms with van der Waals surface area (Å²) in [4.78, 5) is 27.5. The first-order valence-electron chi connectivity index (χ1n) is 9.60. The van der Waals surface area contributed by atoms with Gasteiger partial charge in [-0.3, -0.25) is 19.1 Å². The van der Waals surface area contributed by atoms with Gasteiger partial charge in [0.2, 0.25) is 0 Å². The first kappa shape index (κ1) is 17.2. The summed E-state index contributed by atoms with van der Waals surface area (Å²) >= 11 is 0. The molecule has 0 radical (unpaired) electrons. The van der Waals surface area contributed by atoms with Gasteiger partial charge in [-0.05, 0) is 24.6 Å². The molecule has 0 unspecified atom stereocenters. The van der Waals surface area contributed by atoms with Gasteiger partial charge in [0.25, 0.3) is 0 Å². The van der Waals surface area contributed by atoms with Crippen LogP contribution in [0.25, 0.3) is 0 Å². The molecular formula is C21H22N4O3. The quantitative estimate of drug-likeness (QED) is 0.645. The Bertz CT molecular complexity index is 1110. The van der Waals surface area contributed by atoms with Crippen molar-refractivity contribution >= 4 is 0 Å². The molecule has 0 bridgehead atoms. The summed E-state index contributed by atoms with van der Waals surface area (Å²) in [6.07, 6.45) is 1.69. The average Bonchev–Trinajstić information content (AvgIpc) is 3.39. The van der Waals surface area contributed by atoms with Crippen LogP contribution >= 0.6 is 0 Å². The predicted molar refractivity (Wildman–Crippen MR) is 103 cm³/mol. The zero-order valence-electron chi connectivity index (χ0n) is 15.7. The molecular weight excluding hydrogens is 356 g/mol. The predicted octanol–water partition coefficient (Wildman–Crippen LogP) is 1.58. The molecule has 2 atom stereocenters. The summed E-state index contributed by atoms with van der Waals surface area (Å²) in [5, 5.41) is 4.62. The third-order valence-corrected chi connectivity index (χ3v) is 5.84. The van der Waals surface area contributed by atoms with Crippen molar-refractivity contribution in [2.24, 2.45) is 5.92 Å². The van der Waals surface area contributed by atoms with Gasteiger partial charge in [-0.15, -0.1) is 0 Å². The van der Waals surface area contributed by atoms with Crippen molar-refractivity contribution in [2.45, 2.75) is 32.5 Å². The van der Waals surface area contributed by atoms with E-state index in [-0.39, 0.29) is 5.92 Å². The van der Waals surface area contributed by atoms with Crippen molar-refractivity contribution in [3.05, 3.63) is 86.1 Å². The molecule has 28 heavy (non-hydrogen) atoms. The Kier molecular flexibility index (Phi) is 4.05. The van der Waals surface area contributed by atoms with E-state index in [1.54, 1.807) is 10.8 Å². The lowest BCUT2D eigenvalue weighted by molar-refractivity contribution is 0.277. The third kappa shape index (κ3) is 2.92. The van der Waals surface area contributed by atoms with Crippen molar-refractivity contribution in [2.75, 3.05) is 13.1 Å². The fourth-order valence-corrected chi connectivity index (χ4v) is 4.40. The number of fused-ring (bicyclic) bond motifs is 3. The van der Waals surface area contributed by atoms with Gasteiger partial charge in [-0.25, -0.2) is 4.68 Å². The fourth-order valence-electron chi connectivity index (χ4n) is 4.40. The van der Waals surface area contributed by atoms with Gasteiger partial charge in [0.1, 0.15) is 11.6 Å². The molecule has 1 aromatic carbocycles. The van der Waals surface area contributed by atoms with Crippen molar-refractivity contribution in [3.8, 4) is 0 Å². The van der Waals surface area contributed by atoms with Crippen LogP contribution in [0.3, 0.4) is 0 Å². The summed E-state index contributed by atoms with van der Waals surface area (Å²) < 4.78 is 8.38. The molecule has 1 fully saturated rings. The maximum absolute atomic E-state index is 12.7. The minimum Gasteiger partial charge on any atom is -0.468 e. The molecule has 0 N–H and O–H groups in total. The molecule has 144 valence electrons. The lowest BCUT2D eigenvalue weighted by Crippen LogP contribution is -2.44. The standard InChI is InChI=1S/C21H22N4O3/c1-14-4-6-15(7-5-14)9-25-21(27)20(26)24-11-16-10-23(12-17-3-2-8-28-17)13-18(16)19(24)22-25/h2-8,16,18H,9-13H2,1H3/t16-,18+/m1/s1. The zero-order valence-corrected chi connectivity index (χ0v) is 15.7. The van der Waals surface area contributed by atoms with Gasteiger partial charge in [-0.2, -0.15) is 5.10 Å². The summed E-state index contributed by atoms with van der Waals surface area (Å²) in [6, 6.07) is 11.8. The Morgan fingerprint density at radius 1 is 1.04 bits per heavy atom. The van der Waals surface area contributed by atoms with E-state index in [1.165, 1.54) is 4.68 Å². The molecule has 4 heterocycles. The minimum atomic E-state index is -0.545. The number of hydrogen-bond donors (Lipinski definition) is 0. The van der Waals surface area contributed by atoms with Crippen LogP contribution in [0.1, 0.15) is 28.6 Å². The van der Waals surface area contributed by atoms with Gasteiger partial charge >= 0.3 is 11.1 Å². The van der Waals surface area contributed by atoms with Gasteiger partial charge in [0.15, 0.2) is 0 Å². The van der Waals surface area contributed by atoms with Crippen LogP contribution in [-0.4, -0.2) is 32.3 Å². The Hall–Kier alpha value is -2.93. The smallest absolute Gasteiger partial charge is 0.332 e. The number of furan rings is 1. The van der Waals surface area contributed by atoms with Crippen molar-refractivity contribution < 1.29 is 4.42 Å². The molecule has 7 nitrogen and oxygen atoms in total. The molecule has 2 aliphatic heterocycles. The summed E-state index contributed by atoms with van der Waals surface area (Å²) in [7, 11) is 0. The number of hydrogen-bond acceptors (Lipinski definition) is 5. The van der Waals surface area contributed by atoms with Crippen LogP contribution in [-0.2, 0) is 19.6 Å². The second-order valence-corrected chi connectivity index (χ2v) is 7.86. The van der Waals surface area contributed by atoms with E-state index in [0.717, 1.165) is 42.3 Å². The van der Waals surface area contributed by atoms with E-state index in [9.17, 15) is 9.59 Å². The highest BCUT2D eigenvalue weighted by atomic mass is 16.3. The Morgan fingerprint density at radius 2 is 1.86 bits per heavy atom. The molecule has 2 aromatic heterocycles. The molecule has 7 heteroatoms. The Balaban J connectivity index is 1.43. The first-order chi connectivity index (χ1) is 13.6. The van der Waals surface area contributed by atoms with Crippen molar-refractivity contribution in [1.29, 1.82) is 0 Å². The zero-order chi connectivity index (χ0) is 19.3. The largest absolute Gasteiger partial charge is 0.468 e. The van der Waals surface area contributed by atoms with Crippen molar-refractivity contribution in [3.63, 3.8) is 0 Å². The maximum Gasteiger partial charge on any atom is 0.332 e. The number of nitrogens with zero attached hydrogens (tertiary/aromatic N) is 4. The lowest BCUT2D eigenvalue weighted by Gasteiger charge is -2.16. The molecule has 0 aliphatic carbocycles. The van der Waals surface area contributed by atoms with Crippen LogP contribution in [0, 0.1) is 12.8 Å². The van der Waals surface area contributed by atoms with Crippen LogP contribution in [0.2, 0.25) is 0 Å². The van der Waals surface area contributed by atoms with E-state index >= 15 is 0 Å². The highest BCUT2D eigenvalue weighted by molar-refractivity contribution is 5.21. The number of aryl methyl sites for hydroxylation is 1. The number of aromatic nitrogens is 3. The normalized spacial score (nSPS) is 21.0. The molecule has 0 spiro atoms. The molecule has 1 saturated heterocycles. The lowest BCUT2D eigenvalue weighted by atomic mass is 10.00. The van der Waals surface area contributed by atoms with E-state index < -0.39 is 11.1 Å². The first-order valence-corrected chi connectivity index (χ1v) is 9.60. The van der Waals surface area contributed by atoms with Gasteiger partial charge in [-0.1, -0.05) is 29.8 Å². The second-order valence-electron chi connectivity index (χ2n) is 7.86. The van der Waals surface area contributed by atoms with Gasteiger partial charge < -0.3 is 4.42 Å². The second kappa shape index (κ2) is 6.60. The number of likely N-dealkylation sites (tertiary alicyclic amines) is 1. The average molecular weight is 378 g/mol. The number of rotatable bonds is 4. The van der Waals surface area contributed by atoms with Gasteiger partial charge in [0.05, 0.1) is 19.4 Å². The van der Waals surface area contributed by atoms with Crippen LogP contribution < -0.4 is 11.1 Å². The molecule has 5 rings (SSSR count). The summed E-state index contributed by atoms with van der Waals surface area (Å²) in [5.74, 6) is 2.16. The Morgan fingerprint density at radius 3 is 2.61 bits per heavy atom. The van der Waals surface area contributed by atoms with E-state index in [2.05, 4.69) is 10.00 Å². The fraction of sp³-hybridized carbons (Fsp3) is 0.381. The van der Waals surface area contributed by atoms with Gasteiger partial charge in [0, 0.05) is 31.5 Å². The van der Waals surface area contributed by atoms with Crippen LogP contribution in [0.5, 0.6) is 0 Å². The van der Waals surface area contributed by atoms with E-state index in [4.69, 9.17) is 4.42 Å². The Labute approximate surface area is 161 Å². The van der Waals surface area contributed by atoms with E-state index in [0.29, 0.717) is 19.0 Å².